The SMILES string of the molecule is CC(=O)Nc1ncc(/C=C/B2OC(C)(C)C(C)(C)O2)cc1C. The second-order valence-corrected chi connectivity index (χ2v) is 6.60. The van der Waals surface area contributed by atoms with Gasteiger partial charge in [-0.2, -0.15) is 0 Å². The van der Waals surface area contributed by atoms with Crippen LogP contribution in [0.5, 0.6) is 0 Å². The van der Waals surface area contributed by atoms with Gasteiger partial charge in [-0.3, -0.25) is 4.79 Å². The number of carbonyl (C=O) groups excluding carboxylic acids is 1. The number of aromatic nitrogens is 1. The summed E-state index contributed by atoms with van der Waals surface area (Å²) in [6.45, 7) is 11.5. The summed E-state index contributed by atoms with van der Waals surface area (Å²) in [7, 11) is -0.375. The monoisotopic (exact) mass is 302 g/mol. The number of nitrogens with one attached hydrogen (secondary N) is 1. The Kier molecular flexibility index (Phi) is 4.45. The molecule has 1 N–H and O–H groups in total. The molecule has 1 fully saturated rings. The maximum atomic E-state index is 11.1. The van der Waals surface area contributed by atoms with Crippen molar-refractivity contribution in [2.75, 3.05) is 5.32 Å². The van der Waals surface area contributed by atoms with E-state index >= 15 is 0 Å². The van der Waals surface area contributed by atoms with Gasteiger partial charge in [-0.05, 0) is 51.8 Å². The molecule has 1 amide bonds. The highest BCUT2D eigenvalue weighted by molar-refractivity contribution is 6.52. The Bertz CT molecular complexity index is 595. The first-order valence-corrected chi connectivity index (χ1v) is 7.39. The van der Waals surface area contributed by atoms with Crippen LogP contribution in [0.3, 0.4) is 0 Å². The molecule has 5 nitrogen and oxygen atoms in total. The topological polar surface area (TPSA) is 60.5 Å². The number of nitrogens with zero attached hydrogens (tertiary/aromatic N) is 1. The Morgan fingerprint density at radius 3 is 2.36 bits per heavy atom. The van der Waals surface area contributed by atoms with Crippen LogP contribution in [-0.2, 0) is 14.1 Å². The lowest BCUT2D eigenvalue weighted by Crippen LogP contribution is -2.41. The largest absolute Gasteiger partial charge is 0.487 e. The quantitative estimate of drug-likeness (QED) is 0.872. The van der Waals surface area contributed by atoms with Crippen LogP contribution < -0.4 is 5.32 Å². The molecule has 2 rings (SSSR count). The first-order chi connectivity index (χ1) is 10.1. The van der Waals surface area contributed by atoms with Crippen molar-refractivity contribution < 1.29 is 14.1 Å². The summed E-state index contributed by atoms with van der Waals surface area (Å²) in [5.41, 5.74) is 1.16. The van der Waals surface area contributed by atoms with E-state index in [0.717, 1.165) is 11.1 Å². The van der Waals surface area contributed by atoms with Gasteiger partial charge in [-0.25, -0.2) is 4.98 Å². The normalized spacial score (nSPS) is 19.6. The van der Waals surface area contributed by atoms with Crippen LogP contribution in [0.25, 0.3) is 6.08 Å². The van der Waals surface area contributed by atoms with Crippen molar-refractivity contribution >= 4 is 24.9 Å². The second kappa shape index (κ2) is 5.86. The third kappa shape index (κ3) is 3.57. The minimum atomic E-state index is -0.375. The molecular weight excluding hydrogens is 279 g/mol. The lowest BCUT2D eigenvalue weighted by molar-refractivity contribution is -0.114. The van der Waals surface area contributed by atoms with Gasteiger partial charge in [0.1, 0.15) is 5.82 Å². The number of rotatable bonds is 3. The predicted octanol–water partition coefficient (Wildman–Crippen LogP) is 2.99. The molecule has 6 heteroatoms. The van der Waals surface area contributed by atoms with Crippen LogP contribution in [0.1, 0.15) is 45.7 Å². The van der Waals surface area contributed by atoms with Crippen molar-refractivity contribution in [1.82, 2.24) is 4.98 Å². The molecule has 22 heavy (non-hydrogen) atoms. The molecule has 0 radical (unpaired) electrons. The zero-order valence-electron chi connectivity index (χ0n) is 14.1. The highest BCUT2D eigenvalue weighted by atomic mass is 16.7. The van der Waals surface area contributed by atoms with Crippen molar-refractivity contribution in [1.29, 1.82) is 0 Å². The Morgan fingerprint density at radius 2 is 1.86 bits per heavy atom. The Balaban J connectivity index is 2.09. The van der Waals surface area contributed by atoms with Crippen LogP contribution in [0.2, 0.25) is 0 Å². The average Bonchev–Trinajstić information content (AvgIpc) is 2.58. The highest BCUT2D eigenvalue weighted by Crippen LogP contribution is 2.37. The Hall–Kier alpha value is -1.66. The second-order valence-electron chi connectivity index (χ2n) is 6.60. The molecule has 0 spiro atoms. The van der Waals surface area contributed by atoms with Gasteiger partial charge in [0.25, 0.3) is 0 Å². The number of amides is 1. The minimum Gasteiger partial charge on any atom is -0.400 e. The van der Waals surface area contributed by atoms with E-state index in [0.29, 0.717) is 5.82 Å². The molecule has 0 unspecified atom stereocenters. The lowest BCUT2D eigenvalue weighted by Gasteiger charge is -2.32. The fourth-order valence-corrected chi connectivity index (χ4v) is 2.14. The van der Waals surface area contributed by atoms with E-state index in [9.17, 15) is 4.79 Å². The molecule has 1 saturated heterocycles. The summed E-state index contributed by atoms with van der Waals surface area (Å²) < 4.78 is 11.8. The molecule has 1 aliphatic rings. The zero-order valence-corrected chi connectivity index (χ0v) is 14.1. The van der Waals surface area contributed by atoms with E-state index in [1.807, 2.05) is 52.7 Å². The summed E-state index contributed by atoms with van der Waals surface area (Å²) in [6.07, 6.45) is 3.62. The summed E-state index contributed by atoms with van der Waals surface area (Å²) in [4.78, 5) is 15.3. The van der Waals surface area contributed by atoms with Gasteiger partial charge >= 0.3 is 7.12 Å². The van der Waals surface area contributed by atoms with Gasteiger partial charge in [-0.15, -0.1) is 0 Å². The van der Waals surface area contributed by atoms with Crippen LogP contribution in [0.4, 0.5) is 5.82 Å². The molecule has 0 bridgehead atoms. The van der Waals surface area contributed by atoms with Crippen LogP contribution >= 0.6 is 0 Å². The van der Waals surface area contributed by atoms with E-state index in [1.165, 1.54) is 6.92 Å². The molecule has 2 heterocycles. The summed E-state index contributed by atoms with van der Waals surface area (Å²) in [5.74, 6) is 2.33. The molecule has 1 aromatic rings. The predicted molar refractivity (Wildman–Crippen MR) is 88.4 cm³/mol. The van der Waals surface area contributed by atoms with E-state index in [2.05, 4.69) is 10.3 Å². The molecule has 0 aliphatic carbocycles. The molecule has 0 atom stereocenters. The fraction of sp³-hybridized carbons (Fsp3) is 0.500. The summed E-state index contributed by atoms with van der Waals surface area (Å²) >= 11 is 0. The maximum Gasteiger partial charge on any atom is 0.487 e. The van der Waals surface area contributed by atoms with Gasteiger partial charge in [0.05, 0.1) is 11.2 Å². The summed E-state index contributed by atoms with van der Waals surface area (Å²) in [6, 6.07) is 1.96. The first-order valence-electron chi connectivity index (χ1n) is 7.39. The van der Waals surface area contributed by atoms with Gasteiger partial charge < -0.3 is 14.6 Å². The molecule has 0 aromatic carbocycles. The smallest absolute Gasteiger partial charge is 0.400 e. The molecule has 1 aromatic heterocycles. The third-order valence-electron chi connectivity index (χ3n) is 4.11. The van der Waals surface area contributed by atoms with E-state index in [-0.39, 0.29) is 24.2 Å². The van der Waals surface area contributed by atoms with Gasteiger partial charge in [-0.1, -0.05) is 12.1 Å². The number of pyridine rings is 1. The number of carbonyl (C=O) groups is 1. The third-order valence-corrected chi connectivity index (χ3v) is 4.11. The van der Waals surface area contributed by atoms with E-state index in [1.54, 1.807) is 6.20 Å². The lowest BCUT2D eigenvalue weighted by atomic mass is 9.89. The van der Waals surface area contributed by atoms with E-state index < -0.39 is 0 Å². The number of aryl methyl sites for hydroxylation is 1. The number of anilines is 1. The standard InChI is InChI=1S/C16H23BN2O3/c1-11-9-13(10-18-14(11)19-12(2)20)7-8-17-21-15(3,4)16(5,6)22-17/h7-10H,1-6H3,(H,18,19,20)/b8-7+. The fourth-order valence-electron chi connectivity index (χ4n) is 2.14. The van der Waals surface area contributed by atoms with Gasteiger partial charge in [0.15, 0.2) is 0 Å². The summed E-state index contributed by atoms with van der Waals surface area (Å²) in [5, 5.41) is 2.70. The molecular formula is C16H23BN2O3. The van der Waals surface area contributed by atoms with Crippen LogP contribution in [0, 0.1) is 6.92 Å². The van der Waals surface area contributed by atoms with Crippen LogP contribution in [-0.4, -0.2) is 29.2 Å². The highest BCUT2D eigenvalue weighted by Gasteiger charge is 2.49. The average molecular weight is 302 g/mol. The van der Waals surface area contributed by atoms with Crippen molar-refractivity contribution in [2.24, 2.45) is 0 Å². The molecule has 118 valence electrons. The molecule has 0 saturated carbocycles. The first kappa shape index (κ1) is 16.7. The number of hydrogen-bond acceptors (Lipinski definition) is 4. The zero-order chi connectivity index (χ0) is 16.5. The number of hydrogen-bond donors (Lipinski definition) is 1. The van der Waals surface area contributed by atoms with Crippen molar-refractivity contribution in [3.63, 3.8) is 0 Å². The van der Waals surface area contributed by atoms with Crippen molar-refractivity contribution in [3.8, 4) is 0 Å². The van der Waals surface area contributed by atoms with Crippen LogP contribution in [0.15, 0.2) is 18.2 Å². The van der Waals surface area contributed by atoms with Gasteiger partial charge in [0, 0.05) is 13.1 Å². The molecule has 1 aliphatic heterocycles. The van der Waals surface area contributed by atoms with E-state index in [4.69, 9.17) is 9.31 Å². The van der Waals surface area contributed by atoms with Crippen molar-refractivity contribution in [2.45, 2.75) is 52.7 Å². The maximum absolute atomic E-state index is 11.1. The Labute approximate surface area is 132 Å². The Morgan fingerprint density at radius 1 is 1.27 bits per heavy atom. The van der Waals surface area contributed by atoms with Crippen molar-refractivity contribution in [3.05, 3.63) is 29.4 Å². The van der Waals surface area contributed by atoms with Gasteiger partial charge in [0.2, 0.25) is 5.91 Å². The minimum absolute atomic E-state index is 0.129.